The minimum atomic E-state index is -0.738. The highest BCUT2D eigenvalue weighted by molar-refractivity contribution is 6.30. The first kappa shape index (κ1) is 13.2. The molecule has 19 heavy (non-hydrogen) atoms. The number of rotatable bonds is 3. The van der Waals surface area contributed by atoms with Gasteiger partial charge in [-0.2, -0.15) is 0 Å². The van der Waals surface area contributed by atoms with Crippen molar-refractivity contribution >= 4 is 17.3 Å². The van der Waals surface area contributed by atoms with E-state index >= 15 is 0 Å². The summed E-state index contributed by atoms with van der Waals surface area (Å²) in [4.78, 5) is 13.9. The molecule has 0 aliphatic rings. The summed E-state index contributed by atoms with van der Waals surface area (Å²) in [6, 6.07) is 5.34. The Morgan fingerprint density at radius 2 is 2.21 bits per heavy atom. The lowest BCUT2D eigenvalue weighted by Crippen LogP contribution is -1.97. The third-order valence-electron chi connectivity index (χ3n) is 2.43. The van der Waals surface area contributed by atoms with Crippen LogP contribution in [0.4, 0.5) is 10.1 Å². The highest BCUT2D eigenvalue weighted by Gasteiger charge is 2.16. The van der Waals surface area contributed by atoms with E-state index in [1.54, 1.807) is 0 Å². The number of nitrogens with zero attached hydrogens (tertiary/aromatic N) is 2. The summed E-state index contributed by atoms with van der Waals surface area (Å²) >= 11 is 5.57. The predicted octanol–water partition coefficient (Wildman–Crippen LogP) is 3.88. The van der Waals surface area contributed by atoms with Gasteiger partial charge in [0.05, 0.1) is 15.5 Å². The summed E-state index contributed by atoms with van der Waals surface area (Å²) in [5, 5.41) is 10.9. The molecular weight excluding hydrogens is 275 g/mol. The number of hydrogen-bond acceptors (Lipinski definition) is 4. The Balaban J connectivity index is 2.38. The van der Waals surface area contributed by atoms with Crippen molar-refractivity contribution in [3.8, 4) is 11.6 Å². The first-order valence-corrected chi connectivity index (χ1v) is 5.59. The molecule has 5 nitrogen and oxygen atoms in total. The summed E-state index contributed by atoms with van der Waals surface area (Å²) in [6.07, 6.45) is 1.23. The molecule has 0 unspecified atom stereocenters. The van der Waals surface area contributed by atoms with Crippen LogP contribution in [0.3, 0.4) is 0 Å². The number of halogens is 2. The maximum Gasteiger partial charge on any atom is 0.276 e. The smallest absolute Gasteiger partial charge is 0.276 e. The molecule has 0 spiro atoms. The molecule has 2 rings (SSSR count). The molecule has 98 valence electrons. The van der Waals surface area contributed by atoms with E-state index in [0.717, 1.165) is 6.07 Å². The number of nitro groups is 1. The third kappa shape index (κ3) is 2.79. The second-order valence-corrected chi connectivity index (χ2v) is 4.14. The van der Waals surface area contributed by atoms with Crippen LogP contribution in [0.2, 0.25) is 5.02 Å². The van der Waals surface area contributed by atoms with Gasteiger partial charge in [-0.15, -0.1) is 0 Å². The van der Waals surface area contributed by atoms with Gasteiger partial charge in [-0.25, -0.2) is 9.37 Å². The maximum absolute atomic E-state index is 13.5. The highest BCUT2D eigenvalue weighted by Crippen LogP contribution is 2.31. The molecule has 1 aromatic heterocycles. The lowest BCUT2D eigenvalue weighted by Gasteiger charge is -2.08. The second kappa shape index (κ2) is 5.19. The third-order valence-corrected chi connectivity index (χ3v) is 2.64. The van der Waals surface area contributed by atoms with Crippen molar-refractivity contribution in [1.29, 1.82) is 0 Å². The first-order valence-electron chi connectivity index (χ1n) is 5.22. The standard InChI is InChI=1S/C12H8ClFN2O3/c1-7-10(16(17)18)3-2-4-11(7)19-12-9(14)5-8(13)6-15-12/h2-6H,1H3. The van der Waals surface area contributed by atoms with Crippen molar-refractivity contribution in [3.05, 3.63) is 57.0 Å². The zero-order chi connectivity index (χ0) is 14.0. The van der Waals surface area contributed by atoms with E-state index in [1.807, 2.05) is 0 Å². The molecule has 7 heteroatoms. The number of benzene rings is 1. The molecule has 0 N–H and O–H groups in total. The van der Waals surface area contributed by atoms with Crippen LogP contribution in [0, 0.1) is 22.9 Å². The number of hydrogen-bond donors (Lipinski definition) is 0. The van der Waals surface area contributed by atoms with Crippen molar-refractivity contribution in [3.63, 3.8) is 0 Å². The molecule has 0 radical (unpaired) electrons. The van der Waals surface area contributed by atoms with E-state index in [-0.39, 0.29) is 22.3 Å². The molecule has 2 aromatic rings. The lowest BCUT2D eigenvalue weighted by molar-refractivity contribution is -0.385. The van der Waals surface area contributed by atoms with Crippen molar-refractivity contribution in [2.75, 3.05) is 0 Å². The molecular formula is C12H8ClFN2O3. The van der Waals surface area contributed by atoms with E-state index in [1.165, 1.54) is 31.3 Å². The number of pyridine rings is 1. The van der Waals surface area contributed by atoms with Gasteiger partial charge >= 0.3 is 0 Å². The lowest BCUT2D eigenvalue weighted by atomic mass is 10.2. The quantitative estimate of drug-likeness (QED) is 0.633. The largest absolute Gasteiger partial charge is 0.436 e. The zero-order valence-corrected chi connectivity index (χ0v) is 10.5. The summed E-state index contributed by atoms with van der Waals surface area (Å²) in [6.45, 7) is 1.52. The number of nitro benzene ring substituents is 1. The van der Waals surface area contributed by atoms with Crippen LogP contribution in [-0.4, -0.2) is 9.91 Å². The molecule has 0 saturated heterocycles. The van der Waals surface area contributed by atoms with Crippen molar-refractivity contribution < 1.29 is 14.1 Å². The van der Waals surface area contributed by atoms with Gasteiger partial charge in [0.15, 0.2) is 5.82 Å². The fraction of sp³-hybridized carbons (Fsp3) is 0.0833. The minimum Gasteiger partial charge on any atom is -0.436 e. The maximum atomic E-state index is 13.5. The summed E-state index contributed by atoms with van der Waals surface area (Å²) in [5.41, 5.74) is 0.190. The first-order chi connectivity index (χ1) is 8.99. The zero-order valence-electron chi connectivity index (χ0n) is 9.76. The van der Waals surface area contributed by atoms with Crippen LogP contribution >= 0.6 is 11.6 Å². The van der Waals surface area contributed by atoms with Crippen LogP contribution in [-0.2, 0) is 0 Å². The van der Waals surface area contributed by atoms with Crippen LogP contribution in [0.1, 0.15) is 5.56 Å². The van der Waals surface area contributed by atoms with E-state index in [9.17, 15) is 14.5 Å². The fourth-order valence-electron chi connectivity index (χ4n) is 1.49. The average Bonchev–Trinajstić information content (AvgIpc) is 2.34. The SMILES string of the molecule is Cc1c(Oc2ncc(Cl)cc2F)cccc1[N+](=O)[O-]. The van der Waals surface area contributed by atoms with E-state index in [2.05, 4.69) is 4.98 Å². The Bertz CT molecular complexity index is 649. The number of aromatic nitrogens is 1. The van der Waals surface area contributed by atoms with Crippen LogP contribution in [0.5, 0.6) is 11.6 Å². The van der Waals surface area contributed by atoms with Crippen LogP contribution < -0.4 is 4.74 Å². The molecule has 1 heterocycles. The highest BCUT2D eigenvalue weighted by atomic mass is 35.5. The summed E-state index contributed by atoms with van der Waals surface area (Å²) in [7, 11) is 0. The van der Waals surface area contributed by atoms with Gasteiger partial charge in [0.1, 0.15) is 5.75 Å². The van der Waals surface area contributed by atoms with Crippen molar-refractivity contribution in [1.82, 2.24) is 4.98 Å². The monoisotopic (exact) mass is 282 g/mol. The molecule has 0 aliphatic carbocycles. The fourth-order valence-corrected chi connectivity index (χ4v) is 1.64. The van der Waals surface area contributed by atoms with Crippen LogP contribution in [0.15, 0.2) is 30.5 Å². The Labute approximate surface area is 112 Å². The molecule has 0 fully saturated rings. The summed E-state index contributed by atoms with van der Waals surface area (Å²) in [5.74, 6) is -0.852. The van der Waals surface area contributed by atoms with E-state index < -0.39 is 10.7 Å². The van der Waals surface area contributed by atoms with Gasteiger partial charge in [-0.3, -0.25) is 10.1 Å². The van der Waals surface area contributed by atoms with Gasteiger partial charge in [0.25, 0.3) is 11.6 Å². The van der Waals surface area contributed by atoms with E-state index in [0.29, 0.717) is 5.56 Å². The number of ether oxygens (including phenoxy) is 1. The Morgan fingerprint density at radius 1 is 1.47 bits per heavy atom. The van der Waals surface area contributed by atoms with Gasteiger partial charge in [0.2, 0.25) is 0 Å². The Kier molecular flexibility index (Phi) is 3.62. The molecule has 0 atom stereocenters. The van der Waals surface area contributed by atoms with Crippen molar-refractivity contribution in [2.24, 2.45) is 0 Å². The van der Waals surface area contributed by atoms with E-state index in [4.69, 9.17) is 16.3 Å². The van der Waals surface area contributed by atoms with Gasteiger partial charge in [0, 0.05) is 12.3 Å². The van der Waals surface area contributed by atoms with Crippen molar-refractivity contribution in [2.45, 2.75) is 6.92 Å². The normalized spacial score (nSPS) is 10.3. The Hall–Kier alpha value is -2.21. The van der Waals surface area contributed by atoms with Gasteiger partial charge < -0.3 is 4.74 Å². The molecule has 0 bridgehead atoms. The van der Waals surface area contributed by atoms with Gasteiger partial charge in [-0.05, 0) is 19.1 Å². The molecule has 0 amide bonds. The Morgan fingerprint density at radius 3 is 2.84 bits per heavy atom. The van der Waals surface area contributed by atoms with Gasteiger partial charge in [-0.1, -0.05) is 17.7 Å². The minimum absolute atomic E-state index is 0.105. The predicted molar refractivity (Wildman–Crippen MR) is 67.1 cm³/mol. The topological polar surface area (TPSA) is 65.3 Å². The second-order valence-electron chi connectivity index (χ2n) is 3.70. The average molecular weight is 283 g/mol. The summed E-state index contributed by atoms with van der Waals surface area (Å²) < 4.78 is 18.8. The molecule has 1 aromatic carbocycles. The van der Waals surface area contributed by atoms with Crippen LogP contribution in [0.25, 0.3) is 0 Å². The molecule has 0 saturated carbocycles. The molecule has 0 aliphatic heterocycles.